The standard InChI is InChI=1S/C17H20BrClN2/c1-12(15-5-3-4-6-16(15)19)21(2)17(11-20)13-7-9-14(18)10-8-13/h3-10,12,17H,11,20H2,1-2H3. The summed E-state index contributed by atoms with van der Waals surface area (Å²) >= 11 is 9.78. The maximum absolute atomic E-state index is 6.31. The van der Waals surface area contributed by atoms with Gasteiger partial charge in [0.25, 0.3) is 0 Å². The van der Waals surface area contributed by atoms with Gasteiger partial charge in [0.1, 0.15) is 0 Å². The molecular formula is C17H20BrClN2. The zero-order valence-corrected chi connectivity index (χ0v) is 14.6. The highest BCUT2D eigenvalue weighted by molar-refractivity contribution is 9.10. The highest BCUT2D eigenvalue weighted by atomic mass is 79.9. The Labute approximate surface area is 140 Å². The van der Waals surface area contributed by atoms with Crippen molar-refractivity contribution in [2.45, 2.75) is 19.0 Å². The second-order valence-electron chi connectivity index (χ2n) is 5.17. The van der Waals surface area contributed by atoms with E-state index in [0.29, 0.717) is 6.54 Å². The van der Waals surface area contributed by atoms with Crippen LogP contribution in [0.3, 0.4) is 0 Å². The minimum atomic E-state index is 0.157. The van der Waals surface area contributed by atoms with Gasteiger partial charge in [-0.15, -0.1) is 0 Å². The van der Waals surface area contributed by atoms with E-state index in [1.807, 2.05) is 30.3 Å². The Hall–Kier alpha value is -0.870. The zero-order valence-electron chi connectivity index (χ0n) is 12.3. The van der Waals surface area contributed by atoms with Crippen LogP contribution in [0.4, 0.5) is 0 Å². The SMILES string of the molecule is CC(c1ccccc1Cl)N(C)C(CN)c1ccc(Br)cc1. The van der Waals surface area contributed by atoms with Crippen LogP contribution in [0.15, 0.2) is 53.0 Å². The molecule has 0 bridgehead atoms. The lowest BCUT2D eigenvalue weighted by Crippen LogP contribution is -2.32. The fourth-order valence-electron chi connectivity index (χ4n) is 2.53. The van der Waals surface area contributed by atoms with Gasteiger partial charge >= 0.3 is 0 Å². The average molecular weight is 368 g/mol. The number of rotatable bonds is 5. The van der Waals surface area contributed by atoms with E-state index in [9.17, 15) is 0 Å². The van der Waals surface area contributed by atoms with Crippen LogP contribution in [0.2, 0.25) is 5.02 Å². The summed E-state index contributed by atoms with van der Waals surface area (Å²) in [6, 6.07) is 16.6. The largest absolute Gasteiger partial charge is 0.329 e. The normalized spacial score (nSPS) is 14.2. The Morgan fingerprint density at radius 1 is 1.14 bits per heavy atom. The van der Waals surface area contributed by atoms with Crippen molar-refractivity contribution in [2.24, 2.45) is 5.73 Å². The summed E-state index contributed by atoms with van der Waals surface area (Å²) in [5.41, 5.74) is 8.34. The Morgan fingerprint density at radius 3 is 2.33 bits per heavy atom. The molecule has 2 aromatic rings. The third-order valence-electron chi connectivity index (χ3n) is 3.94. The molecule has 0 amide bonds. The summed E-state index contributed by atoms with van der Waals surface area (Å²) in [7, 11) is 2.09. The molecule has 0 aromatic heterocycles. The van der Waals surface area contributed by atoms with Crippen molar-refractivity contribution in [3.8, 4) is 0 Å². The number of halogens is 2. The van der Waals surface area contributed by atoms with E-state index < -0.39 is 0 Å². The first-order chi connectivity index (χ1) is 10.0. The van der Waals surface area contributed by atoms with Crippen molar-refractivity contribution in [1.29, 1.82) is 0 Å². The third kappa shape index (κ3) is 3.86. The molecule has 0 aliphatic heterocycles. The van der Waals surface area contributed by atoms with E-state index in [1.165, 1.54) is 5.56 Å². The predicted octanol–water partition coefficient (Wildman–Crippen LogP) is 4.80. The first kappa shape index (κ1) is 16.5. The van der Waals surface area contributed by atoms with Crippen LogP contribution in [0.1, 0.15) is 30.1 Å². The fraction of sp³-hybridized carbons (Fsp3) is 0.294. The highest BCUT2D eigenvalue weighted by Crippen LogP contribution is 2.32. The molecule has 2 atom stereocenters. The summed E-state index contributed by atoms with van der Waals surface area (Å²) in [5, 5.41) is 0.795. The molecule has 0 aliphatic carbocycles. The molecule has 0 radical (unpaired) electrons. The molecule has 0 saturated heterocycles. The average Bonchev–Trinajstić information content (AvgIpc) is 2.49. The van der Waals surface area contributed by atoms with Crippen LogP contribution in [0.25, 0.3) is 0 Å². The molecule has 4 heteroatoms. The van der Waals surface area contributed by atoms with E-state index in [4.69, 9.17) is 17.3 Å². The maximum Gasteiger partial charge on any atom is 0.0473 e. The van der Waals surface area contributed by atoms with E-state index in [0.717, 1.165) is 15.1 Å². The monoisotopic (exact) mass is 366 g/mol. The van der Waals surface area contributed by atoms with Crippen LogP contribution in [0.5, 0.6) is 0 Å². The quantitative estimate of drug-likeness (QED) is 0.823. The number of hydrogen-bond acceptors (Lipinski definition) is 2. The van der Waals surface area contributed by atoms with Crippen LogP contribution in [0, 0.1) is 0 Å². The van der Waals surface area contributed by atoms with Crippen molar-refractivity contribution < 1.29 is 0 Å². The van der Waals surface area contributed by atoms with Gasteiger partial charge in [0.05, 0.1) is 0 Å². The highest BCUT2D eigenvalue weighted by Gasteiger charge is 2.22. The number of nitrogens with zero attached hydrogens (tertiary/aromatic N) is 1. The minimum absolute atomic E-state index is 0.157. The van der Waals surface area contributed by atoms with Gasteiger partial charge in [0.2, 0.25) is 0 Å². The molecule has 0 heterocycles. The van der Waals surface area contributed by atoms with Gasteiger partial charge in [0.15, 0.2) is 0 Å². The molecule has 112 valence electrons. The molecule has 0 fully saturated rings. The molecule has 0 aliphatic rings. The summed E-state index contributed by atoms with van der Waals surface area (Å²) in [6.45, 7) is 2.72. The van der Waals surface area contributed by atoms with Gasteiger partial charge in [-0.3, -0.25) is 4.90 Å². The minimum Gasteiger partial charge on any atom is -0.329 e. The topological polar surface area (TPSA) is 29.3 Å². The summed E-state index contributed by atoms with van der Waals surface area (Å²) in [4.78, 5) is 2.27. The van der Waals surface area contributed by atoms with Crippen molar-refractivity contribution >= 4 is 27.5 Å². The fourth-order valence-corrected chi connectivity index (χ4v) is 3.08. The second-order valence-corrected chi connectivity index (χ2v) is 6.49. The Morgan fingerprint density at radius 2 is 1.76 bits per heavy atom. The smallest absolute Gasteiger partial charge is 0.0473 e. The number of likely N-dealkylation sites (N-methyl/N-ethyl adjacent to an activating group) is 1. The number of nitrogens with two attached hydrogens (primary N) is 1. The third-order valence-corrected chi connectivity index (χ3v) is 4.81. The number of benzene rings is 2. The molecule has 21 heavy (non-hydrogen) atoms. The van der Waals surface area contributed by atoms with Gasteiger partial charge in [0, 0.05) is 28.1 Å². The Bertz CT molecular complexity index is 586. The van der Waals surface area contributed by atoms with Crippen molar-refractivity contribution in [1.82, 2.24) is 4.90 Å². The number of hydrogen-bond donors (Lipinski definition) is 1. The molecule has 0 spiro atoms. The molecular weight excluding hydrogens is 348 g/mol. The van der Waals surface area contributed by atoms with Crippen molar-refractivity contribution in [3.63, 3.8) is 0 Å². The van der Waals surface area contributed by atoms with Crippen LogP contribution >= 0.6 is 27.5 Å². The summed E-state index contributed by atoms with van der Waals surface area (Å²) < 4.78 is 1.07. The lowest BCUT2D eigenvalue weighted by Gasteiger charge is -2.33. The van der Waals surface area contributed by atoms with Crippen LogP contribution < -0.4 is 5.73 Å². The van der Waals surface area contributed by atoms with Gasteiger partial charge in [-0.25, -0.2) is 0 Å². The van der Waals surface area contributed by atoms with Crippen molar-refractivity contribution in [3.05, 3.63) is 69.2 Å². The van der Waals surface area contributed by atoms with E-state index in [2.05, 4.69) is 53.0 Å². The molecule has 2 N–H and O–H groups in total. The zero-order chi connectivity index (χ0) is 15.4. The second kappa shape index (κ2) is 7.41. The van der Waals surface area contributed by atoms with Gasteiger partial charge in [-0.2, -0.15) is 0 Å². The van der Waals surface area contributed by atoms with E-state index >= 15 is 0 Å². The van der Waals surface area contributed by atoms with Crippen LogP contribution in [-0.2, 0) is 0 Å². The van der Waals surface area contributed by atoms with E-state index in [-0.39, 0.29) is 12.1 Å². The predicted molar refractivity (Wildman–Crippen MR) is 93.6 cm³/mol. The molecule has 2 unspecified atom stereocenters. The Kier molecular flexibility index (Phi) is 5.82. The molecule has 2 aromatic carbocycles. The lowest BCUT2D eigenvalue weighted by molar-refractivity contribution is 0.190. The first-order valence-corrected chi connectivity index (χ1v) is 8.13. The van der Waals surface area contributed by atoms with E-state index in [1.54, 1.807) is 0 Å². The Balaban J connectivity index is 2.25. The van der Waals surface area contributed by atoms with Crippen LogP contribution in [-0.4, -0.2) is 18.5 Å². The molecule has 0 saturated carbocycles. The maximum atomic E-state index is 6.31. The van der Waals surface area contributed by atoms with Gasteiger partial charge in [-0.05, 0) is 43.3 Å². The van der Waals surface area contributed by atoms with Gasteiger partial charge in [-0.1, -0.05) is 57.9 Å². The van der Waals surface area contributed by atoms with Gasteiger partial charge < -0.3 is 5.73 Å². The summed E-state index contributed by atoms with van der Waals surface area (Å²) in [6.07, 6.45) is 0. The molecule has 2 rings (SSSR count). The molecule has 2 nitrogen and oxygen atoms in total. The van der Waals surface area contributed by atoms with Crippen molar-refractivity contribution in [2.75, 3.05) is 13.6 Å². The lowest BCUT2D eigenvalue weighted by atomic mass is 10.0. The summed E-state index contributed by atoms with van der Waals surface area (Å²) in [5.74, 6) is 0. The first-order valence-electron chi connectivity index (χ1n) is 6.96.